The molecule has 2 atom stereocenters. The van der Waals surface area contributed by atoms with E-state index in [-0.39, 0.29) is 0 Å². The second-order valence-corrected chi connectivity index (χ2v) is 4.49. The Morgan fingerprint density at radius 2 is 2.45 bits per heavy atom. The molecule has 0 aromatic carbocycles. The molecule has 0 N–H and O–H groups in total. The van der Waals surface area contributed by atoms with Gasteiger partial charge in [-0.3, -0.25) is 0 Å². The number of allylic oxidation sites excluding steroid dienone is 2. The molecule has 2 unspecified atom stereocenters. The van der Waals surface area contributed by atoms with Gasteiger partial charge in [0.2, 0.25) is 0 Å². The molecular formula is C11H18. The summed E-state index contributed by atoms with van der Waals surface area (Å²) in [6, 6.07) is 0. The highest BCUT2D eigenvalue weighted by atomic mass is 14.6. The number of hydrogen-bond acceptors (Lipinski definition) is 0. The zero-order valence-electron chi connectivity index (χ0n) is 7.69. The van der Waals surface area contributed by atoms with E-state index in [9.17, 15) is 0 Å². The highest BCUT2D eigenvalue weighted by Crippen LogP contribution is 2.66. The molecule has 0 heterocycles. The second-order valence-electron chi connectivity index (χ2n) is 4.49. The smallest absolute Gasteiger partial charge is 0.00134 e. The molecule has 1 saturated carbocycles. The molecule has 2 aliphatic carbocycles. The molecule has 2 aliphatic rings. The summed E-state index contributed by atoms with van der Waals surface area (Å²) in [6.45, 7) is 4.70. The van der Waals surface area contributed by atoms with Crippen molar-refractivity contribution in [3.63, 3.8) is 0 Å². The van der Waals surface area contributed by atoms with Crippen molar-refractivity contribution in [2.45, 2.75) is 46.0 Å². The van der Waals surface area contributed by atoms with E-state index in [1.54, 1.807) is 5.57 Å². The van der Waals surface area contributed by atoms with Crippen LogP contribution in [-0.2, 0) is 0 Å². The number of rotatable bonds is 4. The lowest BCUT2D eigenvalue weighted by atomic mass is 9.83. The zero-order valence-corrected chi connectivity index (χ0v) is 7.69. The number of hydrogen-bond donors (Lipinski definition) is 0. The van der Waals surface area contributed by atoms with Crippen LogP contribution in [0.3, 0.4) is 0 Å². The van der Waals surface area contributed by atoms with E-state index in [1.807, 2.05) is 0 Å². The van der Waals surface area contributed by atoms with Gasteiger partial charge in [0, 0.05) is 0 Å². The molecule has 0 saturated heterocycles. The van der Waals surface area contributed by atoms with Gasteiger partial charge in [-0.1, -0.05) is 38.3 Å². The largest absolute Gasteiger partial charge is 0.0838 e. The van der Waals surface area contributed by atoms with Crippen LogP contribution in [0.5, 0.6) is 0 Å². The molecule has 0 bridgehead atoms. The van der Waals surface area contributed by atoms with Crippen molar-refractivity contribution in [1.29, 1.82) is 0 Å². The lowest BCUT2D eigenvalue weighted by Gasteiger charge is -2.22. The van der Waals surface area contributed by atoms with Crippen molar-refractivity contribution in [1.82, 2.24) is 0 Å². The Bertz CT molecular complexity index is 186. The van der Waals surface area contributed by atoms with Crippen LogP contribution in [0.2, 0.25) is 0 Å². The van der Waals surface area contributed by atoms with Gasteiger partial charge in [0.05, 0.1) is 0 Å². The summed E-state index contributed by atoms with van der Waals surface area (Å²) in [4.78, 5) is 0. The van der Waals surface area contributed by atoms with Crippen molar-refractivity contribution < 1.29 is 0 Å². The van der Waals surface area contributed by atoms with Crippen molar-refractivity contribution in [2.24, 2.45) is 11.3 Å². The van der Waals surface area contributed by atoms with Crippen LogP contribution in [0, 0.1) is 11.3 Å². The summed E-state index contributed by atoms with van der Waals surface area (Å²) in [5.41, 5.74) is 2.55. The van der Waals surface area contributed by atoms with Crippen LogP contribution in [0.25, 0.3) is 0 Å². The Hall–Kier alpha value is -0.260. The van der Waals surface area contributed by atoms with Crippen LogP contribution in [0.1, 0.15) is 46.0 Å². The van der Waals surface area contributed by atoms with E-state index < -0.39 is 0 Å². The maximum absolute atomic E-state index is 2.43. The highest BCUT2D eigenvalue weighted by Gasteiger charge is 2.53. The summed E-state index contributed by atoms with van der Waals surface area (Å²) in [7, 11) is 0. The number of fused-ring (bicyclic) bond motifs is 1. The highest BCUT2D eigenvalue weighted by molar-refractivity contribution is 5.42. The first kappa shape index (κ1) is 7.39. The van der Waals surface area contributed by atoms with Crippen LogP contribution >= 0.6 is 0 Å². The Morgan fingerprint density at radius 1 is 1.64 bits per heavy atom. The molecule has 0 amide bonds. The van der Waals surface area contributed by atoms with Crippen LogP contribution in [-0.4, -0.2) is 0 Å². The third kappa shape index (κ3) is 1.13. The molecule has 0 aromatic rings. The predicted octanol–water partition coefficient (Wildman–Crippen LogP) is 3.53. The topological polar surface area (TPSA) is 0 Å². The maximum Gasteiger partial charge on any atom is -0.00134 e. The Balaban J connectivity index is 1.78. The summed E-state index contributed by atoms with van der Waals surface area (Å²) >= 11 is 0. The fourth-order valence-corrected chi connectivity index (χ4v) is 2.55. The third-order valence-corrected chi connectivity index (χ3v) is 3.34. The van der Waals surface area contributed by atoms with Gasteiger partial charge in [0.25, 0.3) is 0 Å². The van der Waals surface area contributed by atoms with Crippen molar-refractivity contribution in [3.05, 3.63) is 11.6 Å². The van der Waals surface area contributed by atoms with Crippen molar-refractivity contribution >= 4 is 0 Å². The standard InChI is InChI=1S/C11H18/c1-3-4-9(2)7-11-6-5-10(11)8-11/h5,9H,3-4,6-8H2,1-2H3. The molecule has 0 aromatic heterocycles. The first-order chi connectivity index (χ1) is 5.27. The molecule has 11 heavy (non-hydrogen) atoms. The third-order valence-electron chi connectivity index (χ3n) is 3.34. The predicted molar refractivity (Wildman–Crippen MR) is 48.4 cm³/mol. The van der Waals surface area contributed by atoms with E-state index in [2.05, 4.69) is 19.9 Å². The van der Waals surface area contributed by atoms with Crippen molar-refractivity contribution in [2.75, 3.05) is 0 Å². The maximum atomic E-state index is 2.43. The Morgan fingerprint density at radius 3 is 2.82 bits per heavy atom. The molecule has 0 spiro atoms. The molecule has 1 fully saturated rings. The van der Waals surface area contributed by atoms with Gasteiger partial charge in [-0.15, -0.1) is 0 Å². The van der Waals surface area contributed by atoms with Gasteiger partial charge in [-0.2, -0.15) is 0 Å². The minimum Gasteiger partial charge on any atom is -0.0838 e. The zero-order chi connectivity index (χ0) is 7.90. The van der Waals surface area contributed by atoms with E-state index in [4.69, 9.17) is 0 Å². The summed E-state index contributed by atoms with van der Waals surface area (Å²) < 4.78 is 0. The minimum atomic E-state index is 0.772. The molecule has 0 nitrogen and oxygen atoms in total. The normalized spacial score (nSPS) is 35.3. The summed E-state index contributed by atoms with van der Waals surface area (Å²) in [6.07, 6.45) is 9.54. The van der Waals surface area contributed by atoms with E-state index in [1.165, 1.54) is 32.1 Å². The average molecular weight is 150 g/mol. The van der Waals surface area contributed by atoms with Crippen LogP contribution < -0.4 is 0 Å². The van der Waals surface area contributed by atoms with Gasteiger partial charge in [-0.05, 0) is 30.6 Å². The van der Waals surface area contributed by atoms with Gasteiger partial charge in [0.1, 0.15) is 0 Å². The molecule has 0 radical (unpaired) electrons. The first-order valence-electron chi connectivity index (χ1n) is 4.96. The fraction of sp³-hybridized carbons (Fsp3) is 0.818. The quantitative estimate of drug-likeness (QED) is 0.538. The molecule has 2 rings (SSSR count). The van der Waals surface area contributed by atoms with Crippen LogP contribution in [0.15, 0.2) is 11.6 Å². The lowest BCUT2D eigenvalue weighted by molar-refractivity contribution is 0.356. The van der Waals surface area contributed by atoms with Gasteiger partial charge < -0.3 is 0 Å². The molecule has 0 aliphatic heterocycles. The molecule has 62 valence electrons. The van der Waals surface area contributed by atoms with Crippen molar-refractivity contribution in [3.8, 4) is 0 Å². The first-order valence-corrected chi connectivity index (χ1v) is 4.96. The minimum absolute atomic E-state index is 0.772. The monoisotopic (exact) mass is 150 g/mol. The average Bonchev–Trinajstić information content (AvgIpc) is 2.40. The Kier molecular flexibility index (Phi) is 1.59. The Labute approximate surface area is 69.7 Å². The van der Waals surface area contributed by atoms with Gasteiger partial charge in [-0.25, -0.2) is 0 Å². The lowest BCUT2D eigenvalue weighted by Crippen LogP contribution is -2.10. The fourth-order valence-electron chi connectivity index (χ4n) is 2.55. The van der Waals surface area contributed by atoms with Gasteiger partial charge >= 0.3 is 0 Å². The molecule has 0 heteroatoms. The summed E-state index contributed by atoms with van der Waals surface area (Å²) in [5, 5.41) is 0. The SMILES string of the molecule is CCCC(C)CC12CC=C1C2. The van der Waals surface area contributed by atoms with E-state index >= 15 is 0 Å². The van der Waals surface area contributed by atoms with Crippen LogP contribution in [0.4, 0.5) is 0 Å². The van der Waals surface area contributed by atoms with Gasteiger partial charge in [0.15, 0.2) is 0 Å². The molecular weight excluding hydrogens is 132 g/mol. The summed E-state index contributed by atoms with van der Waals surface area (Å²) in [5.74, 6) is 0.964. The van der Waals surface area contributed by atoms with E-state index in [0.717, 1.165) is 11.3 Å². The van der Waals surface area contributed by atoms with E-state index in [0.29, 0.717) is 0 Å². The second kappa shape index (κ2) is 2.36.